The molecule has 3 rings (SSSR count). The Labute approximate surface area is 104 Å². The van der Waals surface area contributed by atoms with E-state index in [2.05, 4.69) is 26.8 Å². The van der Waals surface area contributed by atoms with Gasteiger partial charge >= 0.3 is 0 Å². The summed E-state index contributed by atoms with van der Waals surface area (Å²) >= 11 is 1.49. The van der Waals surface area contributed by atoms with Crippen molar-refractivity contribution in [3.05, 3.63) is 0 Å². The lowest BCUT2D eigenvalue weighted by Crippen LogP contribution is -2.37. The highest BCUT2D eigenvalue weighted by molar-refractivity contribution is 8.16. The van der Waals surface area contributed by atoms with E-state index in [9.17, 15) is 4.79 Å². The summed E-state index contributed by atoms with van der Waals surface area (Å²) in [6.45, 7) is 4.32. The van der Waals surface area contributed by atoms with Gasteiger partial charge in [-0.15, -0.1) is 0 Å². The SMILES string of the molecule is CC1CCCN(C2=NC3=NC=NC(=O)C3S2)C1. The van der Waals surface area contributed by atoms with E-state index in [-0.39, 0.29) is 11.2 Å². The van der Waals surface area contributed by atoms with Gasteiger partial charge in [0, 0.05) is 13.1 Å². The van der Waals surface area contributed by atoms with E-state index in [0.717, 1.165) is 18.3 Å². The van der Waals surface area contributed by atoms with Gasteiger partial charge in [-0.05, 0) is 18.8 Å². The van der Waals surface area contributed by atoms with E-state index < -0.39 is 0 Å². The fourth-order valence-corrected chi connectivity index (χ4v) is 3.37. The van der Waals surface area contributed by atoms with Crippen molar-refractivity contribution >= 4 is 35.0 Å². The van der Waals surface area contributed by atoms with Crippen LogP contribution in [0, 0.1) is 5.92 Å². The third-order valence-electron chi connectivity index (χ3n) is 3.19. The Balaban J connectivity index is 1.78. The molecule has 3 aliphatic rings. The van der Waals surface area contributed by atoms with E-state index in [1.165, 1.54) is 30.9 Å². The van der Waals surface area contributed by atoms with Crippen molar-refractivity contribution < 1.29 is 4.79 Å². The maximum atomic E-state index is 11.6. The highest BCUT2D eigenvalue weighted by Crippen LogP contribution is 2.30. The minimum Gasteiger partial charge on any atom is -0.351 e. The number of amidine groups is 2. The number of carbonyl (C=O) groups excluding carboxylic acids is 1. The molecule has 0 aromatic carbocycles. The lowest BCUT2D eigenvalue weighted by Gasteiger charge is -2.31. The first-order valence-electron chi connectivity index (χ1n) is 5.88. The van der Waals surface area contributed by atoms with Gasteiger partial charge in [-0.3, -0.25) is 4.79 Å². The third kappa shape index (κ3) is 2.01. The van der Waals surface area contributed by atoms with Gasteiger partial charge in [0.1, 0.15) is 6.34 Å². The number of aliphatic imine (C=N–C) groups is 3. The lowest BCUT2D eigenvalue weighted by atomic mass is 10.0. The molecule has 6 heteroatoms. The molecule has 17 heavy (non-hydrogen) atoms. The van der Waals surface area contributed by atoms with Crippen molar-refractivity contribution in [2.45, 2.75) is 25.0 Å². The van der Waals surface area contributed by atoms with Crippen LogP contribution in [-0.2, 0) is 4.79 Å². The van der Waals surface area contributed by atoms with Crippen molar-refractivity contribution in [2.75, 3.05) is 13.1 Å². The summed E-state index contributed by atoms with van der Waals surface area (Å²) in [5.74, 6) is 1.18. The molecule has 1 fully saturated rings. The van der Waals surface area contributed by atoms with Crippen LogP contribution in [0.4, 0.5) is 0 Å². The molecule has 3 heterocycles. The summed E-state index contributed by atoms with van der Waals surface area (Å²) in [5, 5.41) is 0.645. The van der Waals surface area contributed by atoms with Gasteiger partial charge in [-0.2, -0.15) is 0 Å². The molecule has 0 spiro atoms. The first kappa shape index (κ1) is 11.0. The molecule has 0 saturated carbocycles. The molecular formula is C11H14N4OS. The normalized spacial score (nSPS) is 32.3. The van der Waals surface area contributed by atoms with Crippen molar-refractivity contribution in [3.63, 3.8) is 0 Å². The van der Waals surface area contributed by atoms with Crippen LogP contribution in [0.3, 0.4) is 0 Å². The number of rotatable bonds is 0. The molecule has 0 aromatic heterocycles. The molecule has 3 aliphatic heterocycles. The number of fused-ring (bicyclic) bond motifs is 1. The number of hydrogen-bond donors (Lipinski definition) is 0. The van der Waals surface area contributed by atoms with Gasteiger partial charge in [0.2, 0.25) is 0 Å². The maximum Gasteiger partial charge on any atom is 0.268 e. The molecule has 0 aliphatic carbocycles. The fourth-order valence-electron chi connectivity index (χ4n) is 2.32. The molecule has 0 radical (unpaired) electrons. The molecular weight excluding hydrogens is 236 g/mol. The Hall–Kier alpha value is -1.17. The molecule has 0 aromatic rings. The Kier molecular flexibility index (Phi) is 2.74. The number of likely N-dealkylation sites (tertiary alicyclic amines) is 1. The summed E-state index contributed by atoms with van der Waals surface area (Å²) < 4.78 is 0. The molecule has 5 nitrogen and oxygen atoms in total. The molecule has 0 N–H and O–H groups in total. The first-order valence-corrected chi connectivity index (χ1v) is 6.76. The Bertz CT molecular complexity index is 443. The number of nitrogens with zero attached hydrogens (tertiary/aromatic N) is 4. The average Bonchev–Trinajstić information content (AvgIpc) is 2.74. The van der Waals surface area contributed by atoms with Crippen molar-refractivity contribution in [1.82, 2.24) is 4.90 Å². The maximum absolute atomic E-state index is 11.6. The first-order chi connectivity index (χ1) is 8.24. The van der Waals surface area contributed by atoms with Crippen molar-refractivity contribution in [2.24, 2.45) is 20.9 Å². The number of thioether (sulfide) groups is 1. The topological polar surface area (TPSA) is 57.4 Å². The molecule has 1 amide bonds. The Morgan fingerprint density at radius 3 is 3.18 bits per heavy atom. The van der Waals surface area contributed by atoms with Crippen LogP contribution in [0.2, 0.25) is 0 Å². The van der Waals surface area contributed by atoms with E-state index in [4.69, 9.17) is 0 Å². The van der Waals surface area contributed by atoms with Gasteiger partial charge in [-0.1, -0.05) is 18.7 Å². The second-order valence-corrected chi connectivity index (χ2v) is 5.73. The van der Waals surface area contributed by atoms with Crippen LogP contribution in [0.15, 0.2) is 15.0 Å². The summed E-state index contributed by atoms with van der Waals surface area (Å²) in [6, 6.07) is 0. The van der Waals surface area contributed by atoms with Gasteiger partial charge in [0.25, 0.3) is 5.91 Å². The zero-order valence-electron chi connectivity index (χ0n) is 9.67. The quantitative estimate of drug-likeness (QED) is 0.648. The lowest BCUT2D eigenvalue weighted by molar-refractivity contribution is -0.116. The summed E-state index contributed by atoms with van der Waals surface area (Å²) in [4.78, 5) is 26.1. The fraction of sp³-hybridized carbons (Fsp3) is 0.636. The minimum atomic E-state index is -0.299. The molecule has 2 atom stereocenters. The van der Waals surface area contributed by atoms with Gasteiger partial charge in [0.15, 0.2) is 16.3 Å². The monoisotopic (exact) mass is 250 g/mol. The van der Waals surface area contributed by atoms with Gasteiger partial charge in [-0.25, -0.2) is 15.0 Å². The third-order valence-corrected chi connectivity index (χ3v) is 4.40. The highest BCUT2D eigenvalue weighted by Gasteiger charge is 2.36. The molecule has 0 bridgehead atoms. The highest BCUT2D eigenvalue weighted by atomic mass is 32.2. The van der Waals surface area contributed by atoms with E-state index in [0.29, 0.717) is 11.8 Å². The zero-order valence-corrected chi connectivity index (χ0v) is 10.5. The number of carbonyl (C=O) groups is 1. The largest absolute Gasteiger partial charge is 0.351 e. The Morgan fingerprint density at radius 1 is 1.53 bits per heavy atom. The number of hydrogen-bond acceptors (Lipinski definition) is 5. The predicted octanol–water partition coefficient (Wildman–Crippen LogP) is 1.16. The van der Waals surface area contributed by atoms with Gasteiger partial charge in [0.05, 0.1) is 0 Å². The number of amides is 1. The second kappa shape index (κ2) is 4.25. The summed E-state index contributed by atoms with van der Waals surface area (Å²) in [7, 11) is 0. The average molecular weight is 250 g/mol. The molecule has 2 unspecified atom stereocenters. The van der Waals surface area contributed by atoms with Crippen LogP contribution in [0.5, 0.6) is 0 Å². The van der Waals surface area contributed by atoms with Crippen LogP contribution in [0.25, 0.3) is 0 Å². The summed E-state index contributed by atoms with van der Waals surface area (Å²) in [5.41, 5.74) is 0. The van der Waals surface area contributed by atoms with Crippen LogP contribution >= 0.6 is 11.8 Å². The number of piperidine rings is 1. The van der Waals surface area contributed by atoms with Gasteiger partial charge < -0.3 is 4.90 Å². The zero-order chi connectivity index (χ0) is 11.8. The summed E-state index contributed by atoms with van der Waals surface area (Å²) in [6.07, 6.45) is 3.78. The Morgan fingerprint density at radius 2 is 2.41 bits per heavy atom. The molecule has 1 saturated heterocycles. The van der Waals surface area contributed by atoms with Crippen LogP contribution in [0.1, 0.15) is 19.8 Å². The van der Waals surface area contributed by atoms with E-state index in [1.807, 2.05) is 0 Å². The van der Waals surface area contributed by atoms with Crippen LogP contribution in [-0.4, -0.2) is 46.5 Å². The molecule has 90 valence electrons. The van der Waals surface area contributed by atoms with E-state index >= 15 is 0 Å². The van der Waals surface area contributed by atoms with E-state index in [1.54, 1.807) is 0 Å². The predicted molar refractivity (Wildman–Crippen MR) is 69.7 cm³/mol. The smallest absolute Gasteiger partial charge is 0.268 e. The minimum absolute atomic E-state index is 0.135. The van der Waals surface area contributed by atoms with Crippen molar-refractivity contribution in [3.8, 4) is 0 Å². The standard InChI is InChI=1S/C11H14N4OS/c1-7-3-2-4-15(5-7)11-14-9-8(17-11)10(16)13-6-12-9/h6-8H,2-5H2,1H3. The second-order valence-electron chi connectivity index (χ2n) is 4.66. The van der Waals surface area contributed by atoms with Crippen molar-refractivity contribution in [1.29, 1.82) is 0 Å². The van der Waals surface area contributed by atoms with Crippen LogP contribution < -0.4 is 0 Å².